The predicted octanol–water partition coefficient (Wildman–Crippen LogP) is 3.40. The molecule has 0 atom stereocenters. The molecule has 0 fully saturated rings. The average Bonchev–Trinajstić information content (AvgIpc) is 2.81. The van der Waals surface area contributed by atoms with Crippen molar-refractivity contribution in [2.45, 2.75) is 6.42 Å². The molecule has 0 bridgehead atoms. The van der Waals surface area contributed by atoms with Crippen LogP contribution in [0.4, 0.5) is 5.69 Å². The lowest BCUT2D eigenvalue weighted by molar-refractivity contribution is 0.414. The summed E-state index contributed by atoms with van der Waals surface area (Å²) in [6.45, 7) is 0. The molecule has 0 spiro atoms. The molecule has 0 aliphatic rings. The molecule has 4 nitrogen and oxygen atoms in total. The fourth-order valence-corrected chi connectivity index (χ4v) is 2.44. The number of fused-ring (bicyclic) bond motifs is 1. The van der Waals surface area contributed by atoms with Gasteiger partial charge in [0.2, 0.25) is 0 Å². The number of aromatic nitrogens is 2. The number of nitrogen functional groups attached to an aromatic ring is 1. The van der Waals surface area contributed by atoms with Gasteiger partial charge in [0.15, 0.2) is 0 Å². The van der Waals surface area contributed by atoms with Crippen LogP contribution in [-0.2, 0) is 6.42 Å². The van der Waals surface area contributed by atoms with Crippen molar-refractivity contribution in [1.29, 1.82) is 0 Å². The lowest BCUT2D eigenvalue weighted by Crippen LogP contribution is -1.92. The zero-order valence-corrected chi connectivity index (χ0v) is 11.7. The van der Waals surface area contributed by atoms with E-state index in [1.165, 1.54) is 0 Å². The van der Waals surface area contributed by atoms with Gasteiger partial charge in [-0.25, -0.2) is 4.98 Å². The Morgan fingerprint density at radius 3 is 2.95 bits per heavy atom. The van der Waals surface area contributed by atoms with Gasteiger partial charge in [-0.05, 0) is 29.8 Å². The Morgan fingerprint density at radius 1 is 1.30 bits per heavy atom. The van der Waals surface area contributed by atoms with Crippen LogP contribution in [0.5, 0.6) is 5.75 Å². The zero-order valence-electron chi connectivity index (χ0n) is 11.0. The number of anilines is 1. The highest BCUT2D eigenvalue weighted by molar-refractivity contribution is 6.31. The fraction of sp³-hybridized carbons (Fsp3) is 0.133. The summed E-state index contributed by atoms with van der Waals surface area (Å²) in [5.74, 6) is 1.68. The van der Waals surface area contributed by atoms with Gasteiger partial charge < -0.3 is 15.5 Å². The van der Waals surface area contributed by atoms with Crippen molar-refractivity contribution < 1.29 is 4.74 Å². The lowest BCUT2D eigenvalue weighted by atomic mass is 10.1. The number of ether oxygens (including phenoxy) is 1. The van der Waals surface area contributed by atoms with Crippen LogP contribution in [-0.4, -0.2) is 17.1 Å². The van der Waals surface area contributed by atoms with Crippen molar-refractivity contribution in [2.75, 3.05) is 12.8 Å². The zero-order chi connectivity index (χ0) is 14.1. The topological polar surface area (TPSA) is 63.9 Å². The lowest BCUT2D eigenvalue weighted by Gasteiger charge is -2.02. The average molecular weight is 288 g/mol. The Bertz CT molecular complexity index is 767. The molecule has 3 aromatic rings. The van der Waals surface area contributed by atoms with E-state index in [4.69, 9.17) is 22.1 Å². The van der Waals surface area contributed by atoms with Gasteiger partial charge in [0, 0.05) is 11.4 Å². The molecule has 3 N–H and O–H groups in total. The van der Waals surface area contributed by atoms with E-state index in [2.05, 4.69) is 9.97 Å². The molecule has 2 aromatic carbocycles. The standard InChI is InChI=1S/C15H14ClN3O/c1-20-11-4-2-3-9(5-11)6-14-18-13-8-10(16)7-12(17)15(13)19-14/h2-5,7-8H,6,17H2,1H3,(H,18,19). The number of nitrogens with one attached hydrogen (secondary N) is 1. The van der Waals surface area contributed by atoms with Gasteiger partial charge in [-0.15, -0.1) is 0 Å². The summed E-state index contributed by atoms with van der Waals surface area (Å²) in [4.78, 5) is 7.77. The number of H-pyrrole nitrogens is 1. The number of hydrogen-bond acceptors (Lipinski definition) is 3. The van der Waals surface area contributed by atoms with Gasteiger partial charge in [0.1, 0.15) is 17.1 Å². The molecular formula is C15H14ClN3O. The van der Waals surface area contributed by atoms with Crippen LogP contribution in [0.2, 0.25) is 5.02 Å². The number of nitrogens with zero attached hydrogens (tertiary/aromatic N) is 1. The highest BCUT2D eigenvalue weighted by Crippen LogP contribution is 2.25. The largest absolute Gasteiger partial charge is 0.497 e. The van der Waals surface area contributed by atoms with Gasteiger partial charge in [0.25, 0.3) is 0 Å². The fourth-order valence-electron chi connectivity index (χ4n) is 2.22. The molecule has 0 unspecified atom stereocenters. The first-order chi connectivity index (χ1) is 9.65. The Hall–Kier alpha value is -2.20. The molecule has 5 heteroatoms. The summed E-state index contributed by atoms with van der Waals surface area (Å²) in [7, 11) is 1.66. The third-order valence-electron chi connectivity index (χ3n) is 3.14. The highest BCUT2D eigenvalue weighted by Gasteiger charge is 2.08. The minimum Gasteiger partial charge on any atom is -0.497 e. The van der Waals surface area contributed by atoms with E-state index in [-0.39, 0.29) is 0 Å². The molecule has 1 heterocycles. The Kier molecular flexibility index (Phi) is 3.24. The molecule has 0 amide bonds. The first-order valence-corrected chi connectivity index (χ1v) is 6.60. The molecule has 0 aliphatic heterocycles. The summed E-state index contributed by atoms with van der Waals surface area (Å²) in [6, 6.07) is 11.4. The quantitative estimate of drug-likeness (QED) is 0.726. The molecule has 0 saturated heterocycles. The van der Waals surface area contributed by atoms with Crippen molar-refractivity contribution in [2.24, 2.45) is 0 Å². The van der Waals surface area contributed by atoms with Crippen LogP contribution in [0.15, 0.2) is 36.4 Å². The number of methoxy groups -OCH3 is 1. The van der Waals surface area contributed by atoms with Gasteiger partial charge in [0.05, 0.1) is 18.3 Å². The first kappa shape index (κ1) is 12.8. The molecule has 20 heavy (non-hydrogen) atoms. The second-order valence-corrected chi connectivity index (χ2v) is 5.04. The molecule has 3 rings (SSSR count). The first-order valence-electron chi connectivity index (χ1n) is 6.22. The van der Waals surface area contributed by atoms with E-state index in [9.17, 15) is 0 Å². The Balaban J connectivity index is 1.96. The Labute approximate surface area is 121 Å². The molecule has 1 aromatic heterocycles. The summed E-state index contributed by atoms with van der Waals surface area (Å²) >= 11 is 5.99. The second-order valence-electron chi connectivity index (χ2n) is 4.60. The number of halogens is 1. The second kappa shape index (κ2) is 5.06. The van der Waals surface area contributed by atoms with E-state index in [1.807, 2.05) is 30.3 Å². The van der Waals surface area contributed by atoms with Crippen LogP contribution in [0, 0.1) is 0 Å². The van der Waals surface area contributed by atoms with Crippen LogP contribution in [0.1, 0.15) is 11.4 Å². The molecular weight excluding hydrogens is 274 g/mol. The van der Waals surface area contributed by atoms with Crippen molar-refractivity contribution in [3.63, 3.8) is 0 Å². The van der Waals surface area contributed by atoms with Gasteiger partial charge in [-0.3, -0.25) is 0 Å². The number of imidazole rings is 1. The highest BCUT2D eigenvalue weighted by atomic mass is 35.5. The number of hydrogen-bond donors (Lipinski definition) is 2. The smallest absolute Gasteiger partial charge is 0.119 e. The minimum atomic E-state index is 0.584. The summed E-state index contributed by atoms with van der Waals surface area (Å²) in [6.07, 6.45) is 0.683. The van der Waals surface area contributed by atoms with E-state index in [0.29, 0.717) is 17.1 Å². The van der Waals surface area contributed by atoms with Gasteiger partial charge in [-0.2, -0.15) is 0 Å². The van der Waals surface area contributed by atoms with Gasteiger partial charge in [-0.1, -0.05) is 23.7 Å². The SMILES string of the molecule is COc1cccc(Cc2nc3c(N)cc(Cl)cc3[nH]2)c1. The van der Waals surface area contributed by atoms with E-state index >= 15 is 0 Å². The molecule has 102 valence electrons. The summed E-state index contributed by atoms with van der Waals surface area (Å²) < 4.78 is 5.22. The normalized spacial score (nSPS) is 10.9. The number of aromatic amines is 1. The monoisotopic (exact) mass is 287 g/mol. The van der Waals surface area contributed by atoms with E-state index < -0.39 is 0 Å². The van der Waals surface area contributed by atoms with Crippen molar-refractivity contribution in [3.8, 4) is 5.75 Å². The Morgan fingerprint density at radius 2 is 2.15 bits per heavy atom. The third-order valence-corrected chi connectivity index (χ3v) is 3.35. The molecule has 0 aliphatic carbocycles. The number of rotatable bonds is 3. The van der Waals surface area contributed by atoms with Crippen LogP contribution in [0.3, 0.4) is 0 Å². The summed E-state index contributed by atoms with van der Waals surface area (Å²) in [5.41, 5.74) is 9.24. The summed E-state index contributed by atoms with van der Waals surface area (Å²) in [5, 5.41) is 0.603. The van der Waals surface area contributed by atoms with Crippen LogP contribution in [0.25, 0.3) is 11.0 Å². The maximum absolute atomic E-state index is 5.99. The van der Waals surface area contributed by atoms with E-state index in [1.54, 1.807) is 13.2 Å². The van der Waals surface area contributed by atoms with Gasteiger partial charge >= 0.3 is 0 Å². The van der Waals surface area contributed by atoms with E-state index in [0.717, 1.165) is 28.2 Å². The van der Waals surface area contributed by atoms with Crippen molar-refractivity contribution in [3.05, 3.63) is 52.8 Å². The van der Waals surface area contributed by atoms with Crippen LogP contribution < -0.4 is 10.5 Å². The number of benzene rings is 2. The maximum Gasteiger partial charge on any atom is 0.119 e. The maximum atomic E-state index is 5.99. The minimum absolute atomic E-state index is 0.584. The van der Waals surface area contributed by atoms with Crippen molar-refractivity contribution in [1.82, 2.24) is 9.97 Å². The molecule has 0 radical (unpaired) electrons. The third kappa shape index (κ3) is 2.42. The molecule has 0 saturated carbocycles. The predicted molar refractivity (Wildman–Crippen MR) is 81.3 cm³/mol. The number of nitrogens with two attached hydrogens (primary N) is 1. The van der Waals surface area contributed by atoms with Crippen molar-refractivity contribution >= 4 is 28.3 Å². The van der Waals surface area contributed by atoms with Crippen LogP contribution >= 0.6 is 11.6 Å².